The third kappa shape index (κ3) is 8.01. The first-order valence-corrected chi connectivity index (χ1v) is 13.4. The second kappa shape index (κ2) is 14.8. The summed E-state index contributed by atoms with van der Waals surface area (Å²) in [7, 11) is 0. The van der Waals surface area contributed by atoms with Gasteiger partial charge in [0.15, 0.2) is 0 Å². The van der Waals surface area contributed by atoms with Crippen molar-refractivity contribution < 1.29 is 42.9 Å². The van der Waals surface area contributed by atoms with Crippen molar-refractivity contribution >= 4 is 23.8 Å². The van der Waals surface area contributed by atoms with Crippen molar-refractivity contribution in [3.05, 3.63) is 35.4 Å². The molecule has 10 heteroatoms. The molecule has 10 nitrogen and oxygen atoms in total. The van der Waals surface area contributed by atoms with Crippen LogP contribution in [0, 0.1) is 5.92 Å². The van der Waals surface area contributed by atoms with Gasteiger partial charge in [-0.1, -0.05) is 25.5 Å². The van der Waals surface area contributed by atoms with E-state index in [9.17, 15) is 19.2 Å². The van der Waals surface area contributed by atoms with Crippen LogP contribution >= 0.6 is 0 Å². The molecule has 212 valence electrons. The molecule has 1 amide bonds. The first-order chi connectivity index (χ1) is 18.2. The molecule has 0 unspecified atom stereocenters. The lowest BCUT2D eigenvalue weighted by atomic mass is 9.90. The maximum atomic E-state index is 13.1. The summed E-state index contributed by atoms with van der Waals surface area (Å²) in [6.07, 6.45) is 2.50. The number of benzene rings is 1. The van der Waals surface area contributed by atoms with Crippen LogP contribution in [-0.4, -0.2) is 68.2 Å². The van der Waals surface area contributed by atoms with Gasteiger partial charge in [0.2, 0.25) is 5.54 Å². The summed E-state index contributed by atoms with van der Waals surface area (Å²) in [5.41, 5.74) is -0.600. The normalized spacial score (nSPS) is 19.3. The fourth-order valence-corrected chi connectivity index (χ4v) is 4.13. The zero-order valence-electron chi connectivity index (χ0n) is 23.1. The predicted octanol–water partition coefficient (Wildman–Crippen LogP) is 3.35. The minimum atomic E-state index is -1.98. The number of carbonyl (C=O) groups excluding carboxylic acids is 4. The SMILES string of the molecule is CCOC(=O)C(CCCC[C@H]1CO[C@@](C)(C(=O)OCC)OC1)(NC(=O)c1ccc(CC)cc1)C(=O)OCC. The van der Waals surface area contributed by atoms with Gasteiger partial charge in [-0.15, -0.1) is 0 Å². The summed E-state index contributed by atoms with van der Waals surface area (Å²) in [4.78, 5) is 51.4. The molecule has 1 aliphatic rings. The highest BCUT2D eigenvalue weighted by molar-refractivity contribution is 6.10. The molecule has 2 rings (SSSR count). The van der Waals surface area contributed by atoms with Gasteiger partial charge in [-0.2, -0.15) is 0 Å². The van der Waals surface area contributed by atoms with Crippen molar-refractivity contribution in [2.24, 2.45) is 5.92 Å². The molecular formula is C28H41NO9. The lowest BCUT2D eigenvalue weighted by molar-refractivity contribution is -0.274. The molecular weight excluding hydrogens is 494 g/mol. The maximum Gasteiger partial charge on any atom is 0.366 e. The molecule has 38 heavy (non-hydrogen) atoms. The second-order valence-electron chi connectivity index (χ2n) is 9.25. The summed E-state index contributed by atoms with van der Waals surface area (Å²) < 4.78 is 26.7. The van der Waals surface area contributed by atoms with Crippen LogP contribution in [-0.2, 0) is 44.5 Å². The monoisotopic (exact) mass is 535 g/mol. The zero-order chi connectivity index (χ0) is 28.2. The largest absolute Gasteiger partial charge is 0.464 e. The van der Waals surface area contributed by atoms with Gasteiger partial charge in [0, 0.05) is 18.4 Å². The molecule has 0 aromatic heterocycles. The topological polar surface area (TPSA) is 126 Å². The molecule has 0 atom stereocenters. The highest BCUT2D eigenvalue weighted by Crippen LogP contribution is 2.27. The van der Waals surface area contributed by atoms with Crippen LogP contribution in [0.15, 0.2) is 24.3 Å². The molecule has 1 fully saturated rings. The van der Waals surface area contributed by atoms with Crippen LogP contribution < -0.4 is 5.32 Å². The van der Waals surface area contributed by atoms with E-state index in [0.29, 0.717) is 38.0 Å². The van der Waals surface area contributed by atoms with E-state index >= 15 is 0 Å². The van der Waals surface area contributed by atoms with Gasteiger partial charge in [0.05, 0.1) is 33.0 Å². The van der Waals surface area contributed by atoms with Gasteiger partial charge >= 0.3 is 17.9 Å². The summed E-state index contributed by atoms with van der Waals surface area (Å²) in [5.74, 6) is -4.25. The highest BCUT2D eigenvalue weighted by atomic mass is 16.7. The number of unbranched alkanes of at least 4 members (excludes halogenated alkanes) is 1. The van der Waals surface area contributed by atoms with E-state index in [4.69, 9.17) is 23.7 Å². The number of rotatable bonds is 14. The first-order valence-electron chi connectivity index (χ1n) is 13.4. The Morgan fingerprint density at radius 2 is 1.45 bits per heavy atom. The van der Waals surface area contributed by atoms with Crippen LogP contribution in [0.4, 0.5) is 0 Å². The van der Waals surface area contributed by atoms with Gasteiger partial charge in [0.25, 0.3) is 11.7 Å². The molecule has 0 aliphatic carbocycles. The lowest BCUT2D eigenvalue weighted by Gasteiger charge is -2.35. The number of ether oxygens (including phenoxy) is 5. The first kappa shape index (κ1) is 31.2. The molecule has 1 saturated heterocycles. The van der Waals surface area contributed by atoms with Crippen molar-refractivity contribution in [2.45, 2.75) is 78.0 Å². The average molecular weight is 536 g/mol. The molecule has 1 N–H and O–H groups in total. The lowest BCUT2D eigenvalue weighted by Crippen LogP contribution is -2.61. The van der Waals surface area contributed by atoms with Crippen LogP contribution in [0.25, 0.3) is 0 Å². The number of nitrogens with one attached hydrogen (secondary N) is 1. The fraction of sp³-hybridized carbons (Fsp3) is 0.643. The van der Waals surface area contributed by atoms with Gasteiger partial charge in [-0.3, -0.25) is 4.79 Å². The van der Waals surface area contributed by atoms with Crippen molar-refractivity contribution in [1.82, 2.24) is 5.32 Å². The molecule has 0 radical (unpaired) electrons. The Morgan fingerprint density at radius 1 is 0.895 bits per heavy atom. The number of carbonyl (C=O) groups is 4. The Labute approximate surface area is 224 Å². The third-order valence-electron chi connectivity index (χ3n) is 6.45. The average Bonchev–Trinajstić information content (AvgIpc) is 2.91. The van der Waals surface area contributed by atoms with Crippen molar-refractivity contribution in [3.63, 3.8) is 0 Å². The smallest absolute Gasteiger partial charge is 0.366 e. The van der Waals surface area contributed by atoms with E-state index in [1.165, 1.54) is 6.92 Å². The zero-order valence-corrected chi connectivity index (χ0v) is 23.1. The van der Waals surface area contributed by atoms with Crippen LogP contribution in [0.5, 0.6) is 0 Å². The molecule has 0 bridgehead atoms. The summed E-state index contributed by atoms with van der Waals surface area (Å²) in [6, 6.07) is 6.96. The number of amides is 1. The van der Waals surface area contributed by atoms with Crippen LogP contribution in [0.1, 0.15) is 76.2 Å². The maximum absolute atomic E-state index is 13.1. The van der Waals surface area contributed by atoms with E-state index in [1.54, 1.807) is 32.9 Å². The number of esters is 3. The Bertz CT molecular complexity index is 918. The Balaban J connectivity index is 2.09. The molecule has 1 heterocycles. The van der Waals surface area contributed by atoms with E-state index in [1.807, 2.05) is 19.1 Å². The minimum Gasteiger partial charge on any atom is -0.464 e. The standard InChI is InChI=1S/C28H41NO9/c1-6-20-13-15-22(16-14-20)23(30)29-28(25(32)35-8-3,26(33)36-9-4)17-11-10-12-21-18-37-27(5,38-19-21)24(31)34-7-2/h13-16,21H,6-12,17-19H2,1-5H3,(H,29,30)/t21-,27+. The van der Waals surface area contributed by atoms with Crippen LogP contribution in [0.2, 0.25) is 0 Å². The van der Waals surface area contributed by atoms with Gasteiger partial charge < -0.3 is 29.0 Å². The quantitative estimate of drug-likeness (QED) is 0.165. The molecule has 1 aliphatic heterocycles. The summed E-state index contributed by atoms with van der Waals surface area (Å²) in [6.45, 7) is 9.44. The molecule has 0 spiro atoms. The number of aryl methyl sites for hydroxylation is 1. The van der Waals surface area contributed by atoms with Crippen molar-refractivity contribution in [1.29, 1.82) is 0 Å². The molecule has 1 aromatic rings. The highest BCUT2D eigenvalue weighted by Gasteiger charge is 2.50. The molecule has 1 aromatic carbocycles. The number of hydrogen-bond donors (Lipinski definition) is 1. The van der Waals surface area contributed by atoms with Gasteiger partial charge in [-0.05, 0) is 64.2 Å². The second-order valence-corrected chi connectivity index (χ2v) is 9.25. The summed E-state index contributed by atoms with van der Waals surface area (Å²) in [5, 5.41) is 2.64. The van der Waals surface area contributed by atoms with E-state index < -0.39 is 35.1 Å². The summed E-state index contributed by atoms with van der Waals surface area (Å²) >= 11 is 0. The van der Waals surface area contributed by atoms with Crippen molar-refractivity contribution in [3.8, 4) is 0 Å². The van der Waals surface area contributed by atoms with Gasteiger partial charge in [0.1, 0.15) is 0 Å². The van der Waals surface area contributed by atoms with Crippen molar-refractivity contribution in [2.75, 3.05) is 33.0 Å². The van der Waals surface area contributed by atoms with E-state index in [2.05, 4.69) is 5.32 Å². The predicted molar refractivity (Wildman–Crippen MR) is 138 cm³/mol. The van der Waals surface area contributed by atoms with Gasteiger partial charge in [-0.25, -0.2) is 14.4 Å². The van der Waals surface area contributed by atoms with E-state index in [-0.39, 0.29) is 32.2 Å². The van der Waals surface area contributed by atoms with Crippen LogP contribution in [0.3, 0.4) is 0 Å². The minimum absolute atomic E-state index is 0.00156. The Kier molecular flexibility index (Phi) is 12.2. The molecule has 0 saturated carbocycles. The Morgan fingerprint density at radius 3 is 1.95 bits per heavy atom. The number of hydrogen-bond acceptors (Lipinski definition) is 9. The third-order valence-corrected chi connectivity index (χ3v) is 6.45. The van der Waals surface area contributed by atoms with E-state index in [0.717, 1.165) is 12.0 Å². The fourth-order valence-electron chi connectivity index (χ4n) is 4.13. The Hall–Kier alpha value is -2.98.